The van der Waals surface area contributed by atoms with Gasteiger partial charge in [0, 0.05) is 24.5 Å². The van der Waals surface area contributed by atoms with Gasteiger partial charge in [0.15, 0.2) is 0 Å². The normalized spacial score (nSPS) is 12.0. The lowest BCUT2D eigenvalue weighted by Gasteiger charge is -2.22. The molecule has 0 radical (unpaired) electrons. The third-order valence-corrected chi connectivity index (χ3v) is 4.69. The van der Waals surface area contributed by atoms with Crippen LogP contribution in [-0.2, 0) is 13.7 Å². The van der Waals surface area contributed by atoms with E-state index in [0.29, 0.717) is 18.1 Å². The Bertz CT molecular complexity index is 900. The molecule has 1 heterocycles. The van der Waals surface area contributed by atoms with Gasteiger partial charge in [0.05, 0.1) is 6.04 Å². The van der Waals surface area contributed by atoms with E-state index in [2.05, 4.69) is 29.8 Å². The molecule has 3 rings (SSSR count). The van der Waals surface area contributed by atoms with E-state index in [1.807, 2.05) is 73.9 Å². The van der Waals surface area contributed by atoms with Crippen LogP contribution in [0.3, 0.4) is 0 Å². The summed E-state index contributed by atoms with van der Waals surface area (Å²) in [6, 6.07) is 21.4. The molecular weight excluding hydrogens is 348 g/mol. The Kier molecular flexibility index (Phi) is 6.53. The number of para-hydroxylation sites is 1. The van der Waals surface area contributed by atoms with Crippen molar-refractivity contribution in [2.75, 3.05) is 0 Å². The van der Waals surface area contributed by atoms with E-state index in [4.69, 9.17) is 4.74 Å². The van der Waals surface area contributed by atoms with Gasteiger partial charge in [-0.25, -0.2) is 0 Å². The number of aryl methyl sites for hydroxylation is 1. The molecule has 3 aromatic rings. The summed E-state index contributed by atoms with van der Waals surface area (Å²) >= 11 is 0. The minimum Gasteiger partial charge on any atom is -0.489 e. The number of hydrogen-bond acceptors (Lipinski definition) is 2. The van der Waals surface area contributed by atoms with Crippen molar-refractivity contribution in [2.24, 2.45) is 13.0 Å². The molecule has 4 heteroatoms. The fourth-order valence-electron chi connectivity index (χ4n) is 3.29. The zero-order chi connectivity index (χ0) is 19.9. The van der Waals surface area contributed by atoms with Crippen LogP contribution in [0, 0.1) is 5.92 Å². The Morgan fingerprint density at radius 1 is 1.04 bits per heavy atom. The molecule has 28 heavy (non-hydrogen) atoms. The molecule has 4 nitrogen and oxygen atoms in total. The summed E-state index contributed by atoms with van der Waals surface area (Å²) in [6.45, 7) is 4.77. The van der Waals surface area contributed by atoms with Crippen molar-refractivity contribution in [3.05, 3.63) is 89.7 Å². The highest BCUT2D eigenvalue weighted by Crippen LogP contribution is 2.22. The summed E-state index contributed by atoms with van der Waals surface area (Å²) in [6.07, 6.45) is 2.90. The van der Waals surface area contributed by atoms with Gasteiger partial charge in [-0.05, 0) is 54.3 Å². The van der Waals surface area contributed by atoms with Gasteiger partial charge in [-0.2, -0.15) is 0 Å². The van der Waals surface area contributed by atoms with Gasteiger partial charge in [0.25, 0.3) is 5.91 Å². The number of rotatable bonds is 8. The zero-order valence-electron chi connectivity index (χ0n) is 16.8. The number of hydrogen-bond donors (Lipinski definition) is 1. The maximum atomic E-state index is 12.9. The lowest BCUT2D eigenvalue weighted by atomic mass is 10.0. The third-order valence-electron chi connectivity index (χ3n) is 4.69. The Balaban J connectivity index is 1.69. The van der Waals surface area contributed by atoms with Crippen molar-refractivity contribution in [1.29, 1.82) is 0 Å². The zero-order valence-corrected chi connectivity index (χ0v) is 16.8. The van der Waals surface area contributed by atoms with Gasteiger partial charge >= 0.3 is 0 Å². The number of amides is 1. The molecule has 0 spiro atoms. The Morgan fingerprint density at radius 3 is 2.50 bits per heavy atom. The summed E-state index contributed by atoms with van der Waals surface area (Å²) in [5.74, 6) is 1.23. The fraction of sp³-hybridized carbons (Fsp3) is 0.292. The van der Waals surface area contributed by atoms with Crippen LogP contribution in [0.5, 0.6) is 5.75 Å². The molecule has 1 unspecified atom stereocenters. The average Bonchev–Trinajstić information content (AvgIpc) is 3.12. The van der Waals surface area contributed by atoms with E-state index >= 15 is 0 Å². The van der Waals surface area contributed by atoms with E-state index in [-0.39, 0.29) is 11.9 Å². The molecule has 0 aliphatic heterocycles. The maximum Gasteiger partial charge on any atom is 0.251 e. The number of carbonyl (C=O) groups excluding carboxylic acids is 1. The molecule has 0 aliphatic carbocycles. The topological polar surface area (TPSA) is 43.3 Å². The van der Waals surface area contributed by atoms with Crippen molar-refractivity contribution in [2.45, 2.75) is 32.9 Å². The molecule has 146 valence electrons. The molecule has 1 amide bonds. The van der Waals surface area contributed by atoms with Crippen LogP contribution in [0.25, 0.3) is 0 Å². The molecule has 0 saturated carbocycles. The third kappa shape index (κ3) is 5.26. The number of benzene rings is 2. The van der Waals surface area contributed by atoms with Crippen LogP contribution < -0.4 is 10.1 Å². The molecular formula is C24H28N2O2. The maximum absolute atomic E-state index is 12.9. The van der Waals surface area contributed by atoms with Crippen LogP contribution in [0.1, 0.15) is 47.9 Å². The number of aromatic nitrogens is 1. The molecule has 0 saturated heterocycles. The van der Waals surface area contributed by atoms with Crippen molar-refractivity contribution in [1.82, 2.24) is 9.88 Å². The van der Waals surface area contributed by atoms with Crippen LogP contribution in [-0.4, -0.2) is 10.5 Å². The Labute approximate surface area is 167 Å². The smallest absolute Gasteiger partial charge is 0.251 e. The van der Waals surface area contributed by atoms with E-state index in [0.717, 1.165) is 23.4 Å². The molecule has 1 aromatic heterocycles. The van der Waals surface area contributed by atoms with Gasteiger partial charge in [-0.1, -0.05) is 44.2 Å². The number of nitrogens with one attached hydrogen (secondary N) is 1. The number of carbonyl (C=O) groups is 1. The fourth-order valence-corrected chi connectivity index (χ4v) is 3.29. The van der Waals surface area contributed by atoms with Crippen molar-refractivity contribution >= 4 is 5.91 Å². The van der Waals surface area contributed by atoms with Crippen molar-refractivity contribution in [3.8, 4) is 5.75 Å². The second kappa shape index (κ2) is 9.27. The standard InChI is InChI=1S/C24H28N2O2/c1-18(2)15-22(23-13-8-14-26(23)3)25-24(27)20-10-7-9-19(16-20)17-28-21-11-5-4-6-12-21/h4-14,16,18,22H,15,17H2,1-3H3,(H,25,27). The SMILES string of the molecule is CC(C)CC(NC(=O)c1cccc(COc2ccccc2)c1)c1cccn1C. The molecule has 1 atom stereocenters. The summed E-state index contributed by atoms with van der Waals surface area (Å²) < 4.78 is 7.87. The summed E-state index contributed by atoms with van der Waals surface area (Å²) in [5, 5.41) is 3.21. The summed E-state index contributed by atoms with van der Waals surface area (Å²) in [7, 11) is 2.01. The van der Waals surface area contributed by atoms with Crippen LogP contribution in [0.2, 0.25) is 0 Å². The van der Waals surface area contributed by atoms with Gasteiger partial charge in [-0.15, -0.1) is 0 Å². The lowest BCUT2D eigenvalue weighted by molar-refractivity contribution is 0.0930. The predicted octanol–water partition coefficient (Wildman–Crippen LogP) is 5.12. The lowest BCUT2D eigenvalue weighted by Crippen LogP contribution is -2.30. The van der Waals surface area contributed by atoms with Gasteiger partial charge in [0.1, 0.15) is 12.4 Å². The summed E-state index contributed by atoms with van der Waals surface area (Å²) in [5.41, 5.74) is 2.73. The average molecular weight is 377 g/mol. The first-order valence-electron chi connectivity index (χ1n) is 9.72. The predicted molar refractivity (Wildman–Crippen MR) is 112 cm³/mol. The second-order valence-corrected chi connectivity index (χ2v) is 7.50. The van der Waals surface area contributed by atoms with E-state index in [1.165, 1.54) is 0 Å². The monoisotopic (exact) mass is 376 g/mol. The molecule has 0 bridgehead atoms. The quantitative estimate of drug-likeness (QED) is 0.593. The first-order chi connectivity index (χ1) is 13.5. The van der Waals surface area contributed by atoms with Crippen molar-refractivity contribution < 1.29 is 9.53 Å². The molecule has 1 N–H and O–H groups in total. The first-order valence-corrected chi connectivity index (χ1v) is 9.72. The Morgan fingerprint density at radius 2 is 1.82 bits per heavy atom. The first kappa shape index (κ1) is 19.7. The Hall–Kier alpha value is -3.01. The minimum absolute atomic E-state index is 0.0169. The molecule has 2 aromatic carbocycles. The highest BCUT2D eigenvalue weighted by atomic mass is 16.5. The highest BCUT2D eigenvalue weighted by Gasteiger charge is 2.19. The number of ether oxygens (including phenoxy) is 1. The van der Waals surface area contributed by atoms with E-state index in [9.17, 15) is 4.79 Å². The van der Waals surface area contributed by atoms with Gasteiger partial charge in [0.2, 0.25) is 0 Å². The summed E-state index contributed by atoms with van der Waals surface area (Å²) in [4.78, 5) is 12.9. The minimum atomic E-state index is -0.0617. The van der Waals surface area contributed by atoms with Gasteiger partial charge < -0.3 is 14.6 Å². The van der Waals surface area contributed by atoms with Crippen LogP contribution >= 0.6 is 0 Å². The molecule has 0 aliphatic rings. The van der Waals surface area contributed by atoms with Crippen molar-refractivity contribution in [3.63, 3.8) is 0 Å². The largest absolute Gasteiger partial charge is 0.489 e. The van der Waals surface area contributed by atoms with E-state index < -0.39 is 0 Å². The molecule has 0 fully saturated rings. The highest BCUT2D eigenvalue weighted by molar-refractivity contribution is 5.94. The van der Waals surface area contributed by atoms with Crippen LogP contribution in [0.15, 0.2) is 72.9 Å². The second-order valence-electron chi connectivity index (χ2n) is 7.50. The van der Waals surface area contributed by atoms with Crippen LogP contribution in [0.4, 0.5) is 0 Å². The van der Waals surface area contributed by atoms with Gasteiger partial charge in [-0.3, -0.25) is 4.79 Å². The van der Waals surface area contributed by atoms with E-state index in [1.54, 1.807) is 0 Å². The number of nitrogens with zero attached hydrogens (tertiary/aromatic N) is 1.